The van der Waals surface area contributed by atoms with Crippen LogP contribution in [0.1, 0.15) is 22.7 Å². The summed E-state index contributed by atoms with van der Waals surface area (Å²) in [7, 11) is 3.25. The smallest absolute Gasteiger partial charge is 0.141 e. The van der Waals surface area contributed by atoms with Gasteiger partial charge in [-0.1, -0.05) is 22.0 Å². The summed E-state index contributed by atoms with van der Waals surface area (Å²) in [5, 5.41) is 0. The van der Waals surface area contributed by atoms with Crippen molar-refractivity contribution in [2.24, 2.45) is 5.73 Å². The number of benzene rings is 2. The molecule has 3 nitrogen and oxygen atoms in total. The van der Waals surface area contributed by atoms with E-state index in [-0.39, 0.29) is 6.04 Å². The van der Waals surface area contributed by atoms with Gasteiger partial charge in [-0.05, 0) is 58.2 Å². The van der Waals surface area contributed by atoms with E-state index in [9.17, 15) is 0 Å². The van der Waals surface area contributed by atoms with E-state index in [1.165, 1.54) is 0 Å². The summed E-state index contributed by atoms with van der Waals surface area (Å²) in [6.07, 6.45) is 0. The zero-order chi connectivity index (χ0) is 15.6. The van der Waals surface area contributed by atoms with Crippen molar-refractivity contribution >= 4 is 31.9 Å². The zero-order valence-electron chi connectivity index (χ0n) is 12.1. The molecule has 2 rings (SSSR count). The number of methoxy groups -OCH3 is 2. The molecule has 2 aromatic rings. The van der Waals surface area contributed by atoms with Crippen molar-refractivity contribution in [2.75, 3.05) is 14.2 Å². The first-order valence-electron chi connectivity index (χ1n) is 6.41. The molecule has 0 aliphatic carbocycles. The third-order valence-corrected chi connectivity index (χ3v) is 4.66. The summed E-state index contributed by atoms with van der Waals surface area (Å²) >= 11 is 6.98. The molecule has 1 atom stereocenters. The van der Waals surface area contributed by atoms with E-state index in [1.54, 1.807) is 14.2 Å². The highest BCUT2D eigenvalue weighted by atomic mass is 79.9. The maximum Gasteiger partial charge on any atom is 0.141 e. The average Bonchev–Trinajstić information content (AvgIpc) is 2.46. The lowest BCUT2D eigenvalue weighted by Crippen LogP contribution is -2.14. The van der Waals surface area contributed by atoms with Crippen molar-refractivity contribution in [1.82, 2.24) is 0 Å². The first-order chi connectivity index (χ1) is 9.99. The molecule has 0 fully saturated rings. The van der Waals surface area contributed by atoms with E-state index in [0.717, 1.165) is 31.4 Å². The molecule has 0 heterocycles. The molecule has 0 aliphatic heterocycles. The molecule has 0 aromatic heterocycles. The van der Waals surface area contributed by atoms with Gasteiger partial charge in [0.15, 0.2) is 0 Å². The summed E-state index contributed by atoms with van der Waals surface area (Å²) in [5.74, 6) is 1.42. The van der Waals surface area contributed by atoms with Crippen LogP contribution in [0.2, 0.25) is 0 Å². The lowest BCUT2D eigenvalue weighted by atomic mass is 9.95. The lowest BCUT2D eigenvalue weighted by Gasteiger charge is -2.20. The Balaban J connectivity index is 2.52. The molecule has 0 radical (unpaired) electrons. The molecule has 0 amide bonds. The zero-order valence-corrected chi connectivity index (χ0v) is 15.3. The van der Waals surface area contributed by atoms with Crippen LogP contribution in [-0.4, -0.2) is 14.2 Å². The summed E-state index contributed by atoms with van der Waals surface area (Å²) in [6.45, 7) is 2.05. The van der Waals surface area contributed by atoms with E-state index in [1.807, 2.05) is 31.2 Å². The fraction of sp³-hybridized carbons (Fsp3) is 0.250. The highest BCUT2D eigenvalue weighted by molar-refractivity contribution is 9.11. The number of nitrogens with two attached hydrogens (primary N) is 1. The van der Waals surface area contributed by atoms with Gasteiger partial charge in [0.05, 0.1) is 20.3 Å². The fourth-order valence-electron chi connectivity index (χ4n) is 2.32. The molecule has 0 bridgehead atoms. The van der Waals surface area contributed by atoms with Gasteiger partial charge in [0.2, 0.25) is 0 Å². The molecule has 0 saturated carbocycles. The Morgan fingerprint density at radius 2 is 1.67 bits per heavy atom. The monoisotopic (exact) mass is 413 g/mol. The Kier molecular flexibility index (Phi) is 5.30. The maximum atomic E-state index is 6.45. The van der Waals surface area contributed by atoms with E-state index in [4.69, 9.17) is 15.2 Å². The summed E-state index contributed by atoms with van der Waals surface area (Å²) in [5.41, 5.74) is 9.55. The Labute approximate surface area is 141 Å². The number of halogens is 2. The molecule has 0 aliphatic rings. The topological polar surface area (TPSA) is 44.5 Å². The molecule has 0 saturated heterocycles. The van der Waals surface area contributed by atoms with Crippen molar-refractivity contribution in [3.63, 3.8) is 0 Å². The van der Waals surface area contributed by atoms with Crippen LogP contribution < -0.4 is 15.2 Å². The van der Waals surface area contributed by atoms with Gasteiger partial charge in [-0.15, -0.1) is 0 Å². The van der Waals surface area contributed by atoms with E-state index < -0.39 is 0 Å². The fourth-order valence-corrected chi connectivity index (χ4v) is 3.48. The number of ether oxygens (including phenoxy) is 2. The molecular formula is C16H17Br2NO2. The molecule has 0 spiro atoms. The van der Waals surface area contributed by atoms with Gasteiger partial charge < -0.3 is 15.2 Å². The van der Waals surface area contributed by atoms with Crippen molar-refractivity contribution in [3.05, 3.63) is 56.0 Å². The summed E-state index contributed by atoms with van der Waals surface area (Å²) < 4.78 is 12.6. The van der Waals surface area contributed by atoms with Crippen molar-refractivity contribution in [3.8, 4) is 11.5 Å². The minimum Gasteiger partial charge on any atom is -0.495 e. The van der Waals surface area contributed by atoms with E-state index >= 15 is 0 Å². The van der Waals surface area contributed by atoms with E-state index in [0.29, 0.717) is 5.75 Å². The van der Waals surface area contributed by atoms with Crippen molar-refractivity contribution < 1.29 is 9.47 Å². The molecule has 5 heteroatoms. The first kappa shape index (κ1) is 16.3. The van der Waals surface area contributed by atoms with Gasteiger partial charge in [-0.3, -0.25) is 0 Å². The predicted molar refractivity (Wildman–Crippen MR) is 92.2 cm³/mol. The van der Waals surface area contributed by atoms with Gasteiger partial charge in [0.1, 0.15) is 16.0 Å². The quantitative estimate of drug-likeness (QED) is 0.795. The highest BCUT2D eigenvalue weighted by Gasteiger charge is 2.20. The minimum atomic E-state index is -0.268. The summed E-state index contributed by atoms with van der Waals surface area (Å²) in [4.78, 5) is 0. The van der Waals surface area contributed by atoms with Crippen molar-refractivity contribution in [1.29, 1.82) is 0 Å². The van der Waals surface area contributed by atoms with Crippen LogP contribution >= 0.6 is 31.9 Å². The molecular weight excluding hydrogens is 398 g/mol. The number of rotatable bonds is 4. The lowest BCUT2D eigenvalue weighted by molar-refractivity contribution is 0.385. The number of hydrogen-bond donors (Lipinski definition) is 1. The van der Waals surface area contributed by atoms with Gasteiger partial charge in [-0.2, -0.15) is 0 Å². The Morgan fingerprint density at radius 1 is 1.00 bits per heavy atom. The predicted octanol–water partition coefficient (Wildman–Crippen LogP) is 4.59. The molecule has 2 aromatic carbocycles. The Bertz CT molecular complexity index is 659. The van der Waals surface area contributed by atoms with Crippen LogP contribution in [0.5, 0.6) is 11.5 Å². The molecule has 2 N–H and O–H groups in total. The second-order valence-electron chi connectivity index (χ2n) is 4.68. The van der Waals surface area contributed by atoms with Gasteiger partial charge in [0, 0.05) is 10.0 Å². The van der Waals surface area contributed by atoms with Crippen LogP contribution in [0.3, 0.4) is 0 Å². The van der Waals surface area contributed by atoms with Crippen LogP contribution in [0, 0.1) is 6.92 Å². The van der Waals surface area contributed by atoms with Gasteiger partial charge >= 0.3 is 0 Å². The van der Waals surface area contributed by atoms with Crippen LogP contribution in [-0.2, 0) is 0 Å². The van der Waals surface area contributed by atoms with Crippen LogP contribution in [0.15, 0.2) is 39.3 Å². The second-order valence-corrected chi connectivity index (χ2v) is 6.39. The largest absolute Gasteiger partial charge is 0.495 e. The maximum absolute atomic E-state index is 6.45. The minimum absolute atomic E-state index is 0.268. The second kappa shape index (κ2) is 6.81. The first-order valence-corrected chi connectivity index (χ1v) is 8.00. The SMILES string of the molecule is COc1ccc(C(N)c2ccc(Br)cc2C)c(OC)c1Br. The Hall–Kier alpha value is -1.04. The summed E-state index contributed by atoms with van der Waals surface area (Å²) in [6, 6.07) is 9.63. The normalized spacial score (nSPS) is 12.1. The van der Waals surface area contributed by atoms with Crippen LogP contribution in [0.25, 0.3) is 0 Å². The average molecular weight is 415 g/mol. The Morgan fingerprint density at radius 3 is 2.24 bits per heavy atom. The molecule has 112 valence electrons. The number of aryl methyl sites for hydroxylation is 1. The van der Waals surface area contributed by atoms with Crippen molar-refractivity contribution in [2.45, 2.75) is 13.0 Å². The van der Waals surface area contributed by atoms with E-state index in [2.05, 4.69) is 37.9 Å². The number of hydrogen-bond acceptors (Lipinski definition) is 3. The standard InChI is InChI=1S/C16H17Br2NO2/c1-9-8-10(17)4-5-11(9)15(19)12-6-7-13(20-2)14(18)16(12)21-3/h4-8,15H,19H2,1-3H3. The van der Waals surface area contributed by atoms with Gasteiger partial charge in [-0.25, -0.2) is 0 Å². The highest BCUT2D eigenvalue weighted by Crippen LogP contribution is 2.41. The molecule has 1 unspecified atom stereocenters. The van der Waals surface area contributed by atoms with Gasteiger partial charge in [0.25, 0.3) is 0 Å². The van der Waals surface area contributed by atoms with Crippen LogP contribution in [0.4, 0.5) is 0 Å². The third kappa shape index (κ3) is 3.25. The molecule has 21 heavy (non-hydrogen) atoms. The third-order valence-electron chi connectivity index (χ3n) is 3.42.